The molecule has 1 atom stereocenters. The van der Waals surface area contributed by atoms with Crippen LogP contribution in [0, 0.1) is 5.92 Å². The van der Waals surface area contributed by atoms with E-state index in [1.54, 1.807) is 0 Å². The number of nitrogens with zero attached hydrogens (tertiary/aromatic N) is 2. The molecular weight excluding hydrogens is 406 g/mol. The average Bonchev–Trinajstić information content (AvgIpc) is 2.77. The van der Waals surface area contributed by atoms with E-state index in [1.807, 2.05) is 55.3 Å². The first kappa shape index (κ1) is 27.4. The van der Waals surface area contributed by atoms with Crippen LogP contribution in [0.5, 0.6) is 0 Å². The Labute approximate surface area is 195 Å². The van der Waals surface area contributed by atoms with Crippen LogP contribution >= 0.6 is 11.6 Å². The number of piperidine rings is 1. The molecule has 4 nitrogen and oxygen atoms in total. The summed E-state index contributed by atoms with van der Waals surface area (Å²) < 4.78 is 0. The first-order valence-corrected chi connectivity index (χ1v) is 11.9. The molecule has 5 heteroatoms. The van der Waals surface area contributed by atoms with E-state index in [0.717, 1.165) is 37.6 Å². The predicted molar refractivity (Wildman–Crippen MR) is 135 cm³/mol. The number of allylic oxidation sites excluding steroid dienone is 7. The van der Waals surface area contributed by atoms with Crippen LogP contribution < -0.4 is 5.32 Å². The van der Waals surface area contributed by atoms with Crippen LogP contribution in [0.3, 0.4) is 0 Å². The molecule has 1 amide bonds. The number of nitrogens with one attached hydrogen (secondary N) is 1. The molecule has 174 valence electrons. The highest BCUT2D eigenvalue weighted by Gasteiger charge is 2.20. The van der Waals surface area contributed by atoms with Crippen molar-refractivity contribution in [3.05, 3.63) is 59.3 Å². The van der Waals surface area contributed by atoms with Crippen molar-refractivity contribution in [3.8, 4) is 0 Å². The summed E-state index contributed by atoms with van der Waals surface area (Å²) in [6, 6.07) is 0.387. The highest BCUT2D eigenvalue weighted by molar-refractivity contribution is 6.31. The summed E-state index contributed by atoms with van der Waals surface area (Å²) in [5.41, 5.74) is 1.26. The van der Waals surface area contributed by atoms with Gasteiger partial charge in [0, 0.05) is 36.8 Å². The predicted octanol–water partition coefficient (Wildman–Crippen LogP) is 5.65. The summed E-state index contributed by atoms with van der Waals surface area (Å²) in [6.45, 7) is 12.1. The minimum atomic E-state index is 0.193. The van der Waals surface area contributed by atoms with Gasteiger partial charge >= 0.3 is 0 Å². The smallest absolute Gasteiger partial charge is 0.226 e. The molecule has 1 saturated heterocycles. The number of hydrogen-bond acceptors (Lipinski definition) is 3. The lowest BCUT2D eigenvalue weighted by Crippen LogP contribution is -2.37. The molecule has 1 heterocycles. The molecule has 1 aliphatic heterocycles. The van der Waals surface area contributed by atoms with Crippen molar-refractivity contribution in [2.75, 3.05) is 33.2 Å². The van der Waals surface area contributed by atoms with Crippen molar-refractivity contribution >= 4 is 17.5 Å². The minimum Gasteiger partial charge on any atom is -0.319 e. The van der Waals surface area contributed by atoms with Crippen LogP contribution in [0.2, 0.25) is 0 Å². The van der Waals surface area contributed by atoms with Gasteiger partial charge in [-0.15, -0.1) is 0 Å². The van der Waals surface area contributed by atoms with Crippen LogP contribution in [0.1, 0.15) is 53.4 Å². The fourth-order valence-electron chi connectivity index (χ4n) is 3.37. The maximum absolute atomic E-state index is 12.3. The molecule has 0 radical (unpaired) electrons. The number of likely N-dealkylation sites (tertiary alicyclic amines) is 1. The molecular formula is C26H42ClN3O. The number of halogens is 1. The fourth-order valence-corrected chi connectivity index (χ4v) is 3.46. The van der Waals surface area contributed by atoms with Crippen molar-refractivity contribution in [2.24, 2.45) is 5.92 Å². The lowest BCUT2D eigenvalue weighted by Gasteiger charge is -2.31. The summed E-state index contributed by atoms with van der Waals surface area (Å²) in [5, 5.41) is 4.28. The molecule has 1 N–H and O–H groups in total. The number of carbonyl (C=O) groups is 1. The standard InChI is InChI=1S/C26H42ClN3O/c1-6-25(27)14-11-13-23(4)28-20-22(3)12-9-8-10-17-30(26(31)7-2)21-24-15-18-29(5)19-16-24/h6,8-12,14,17,23-24,28H,7,13,15-16,18-21H2,1-5H3/b9-8-,14-11-,17-10+,22-12+,25-6+. The molecule has 0 bridgehead atoms. The molecule has 1 rings (SSSR count). The van der Waals surface area contributed by atoms with E-state index in [1.165, 1.54) is 18.4 Å². The summed E-state index contributed by atoms with van der Waals surface area (Å²) in [5.74, 6) is 0.789. The second kappa shape index (κ2) is 16.1. The molecule has 31 heavy (non-hydrogen) atoms. The second-order valence-corrected chi connectivity index (χ2v) is 8.92. The SMILES string of the molecule is C/C=C(Cl)\C=C/CC(C)NC/C(C)=C/C=C\C=C\N(CC1CCN(C)CC1)C(=O)CC. The Balaban J connectivity index is 2.44. The van der Waals surface area contributed by atoms with Gasteiger partial charge in [0.1, 0.15) is 0 Å². The van der Waals surface area contributed by atoms with Crippen molar-refractivity contribution < 1.29 is 4.79 Å². The molecule has 0 aromatic heterocycles. The van der Waals surface area contributed by atoms with E-state index in [2.05, 4.69) is 43.3 Å². The maximum Gasteiger partial charge on any atom is 0.226 e. The highest BCUT2D eigenvalue weighted by atomic mass is 35.5. The van der Waals surface area contributed by atoms with E-state index in [0.29, 0.717) is 18.4 Å². The fraction of sp³-hybridized carbons (Fsp3) is 0.577. The van der Waals surface area contributed by atoms with Crippen molar-refractivity contribution in [3.63, 3.8) is 0 Å². The zero-order valence-electron chi connectivity index (χ0n) is 20.1. The van der Waals surface area contributed by atoms with Gasteiger partial charge in [-0.05, 0) is 78.2 Å². The van der Waals surface area contributed by atoms with Gasteiger partial charge in [-0.2, -0.15) is 0 Å². The molecule has 0 saturated carbocycles. The zero-order valence-corrected chi connectivity index (χ0v) is 20.9. The number of amides is 1. The zero-order chi connectivity index (χ0) is 23.1. The Hall–Kier alpha value is -1.62. The van der Waals surface area contributed by atoms with Crippen LogP contribution in [0.15, 0.2) is 59.3 Å². The third-order valence-corrected chi connectivity index (χ3v) is 5.90. The van der Waals surface area contributed by atoms with E-state index in [9.17, 15) is 4.79 Å². The Morgan fingerprint density at radius 2 is 1.97 bits per heavy atom. The number of carbonyl (C=O) groups excluding carboxylic acids is 1. The number of rotatable bonds is 12. The largest absolute Gasteiger partial charge is 0.319 e. The van der Waals surface area contributed by atoms with Crippen LogP contribution in [-0.4, -0.2) is 55.0 Å². The quantitative estimate of drug-likeness (QED) is 0.392. The molecule has 1 unspecified atom stereocenters. The molecule has 0 spiro atoms. The van der Waals surface area contributed by atoms with Crippen LogP contribution in [-0.2, 0) is 4.79 Å². The van der Waals surface area contributed by atoms with Crippen LogP contribution in [0.25, 0.3) is 0 Å². The molecule has 1 aliphatic rings. The summed E-state index contributed by atoms with van der Waals surface area (Å²) in [4.78, 5) is 16.6. The van der Waals surface area contributed by atoms with Gasteiger partial charge in [-0.3, -0.25) is 4.79 Å². The van der Waals surface area contributed by atoms with Crippen molar-refractivity contribution in [1.29, 1.82) is 0 Å². The van der Waals surface area contributed by atoms with Gasteiger partial charge in [0.25, 0.3) is 0 Å². The minimum absolute atomic E-state index is 0.193. The molecule has 0 aromatic rings. The van der Waals surface area contributed by atoms with Gasteiger partial charge < -0.3 is 15.1 Å². The summed E-state index contributed by atoms with van der Waals surface area (Å²) >= 11 is 5.97. The van der Waals surface area contributed by atoms with Gasteiger partial charge in [-0.25, -0.2) is 0 Å². The molecule has 1 fully saturated rings. The van der Waals surface area contributed by atoms with Gasteiger partial charge in [0.15, 0.2) is 0 Å². The van der Waals surface area contributed by atoms with Gasteiger partial charge in [-0.1, -0.05) is 54.5 Å². The Morgan fingerprint density at radius 3 is 2.61 bits per heavy atom. The molecule has 0 aliphatic carbocycles. The van der Waals surface area contributed by atoms with E-state index in [-0.39, 0.29) is 5.91 Å². The van der Waals surface area contributed by atoms with Crippen molar-refractivity contribution in [2.45, 2.75) is 59.4 Å². The average molecular weight is 448 g/mol. The molecule has 0 aromatic carbocycles. The first-order chi connectivity index (χ1) is 14.8. The lowest BCUT2D eigenvalue weighted by atomic mass is 9.96. The third-order valence-electron chi connectivity index (χ3n) is 5.56. The second-order valence-electron chi connectivity index (χ2n) is 8.48. The lowest BCUT2D eigenvalue weighted by molar-refractivity contribution is -0.129. The normalized spacial score (nSPS) is 18.5. The maximum atomic E-state index is 12.3. The first-order valence-electron chi connectivity index (χ1n) is 11.6. The summed E-state index contributed by atoms with van der Waals surface area (Å²) in [6.07, 6.45) is 19.8. The van der Waals surface area contributed by atoms with E-state index < -0.39 is 0 Å². The van der Waals surface area contributed by atoms with Gasteiger partial charge in [0.05, 0.1) is 0 Å². The van der Waals surface area contributed by atoms with Crippen LogP contribution in [0.4, 0.5) is 0 Å². The summed E-state index contributed by atoms with van der Waals surface area (Å²) in [7, 11) is 2.17. The van der Waals surface area contributed by atoms with E-state index >= 15 is 0 Å². The highest BCUT2D eigenvalue weighted by Crippen LogP contribution is 2.18. The Bertz CT molecular complexity index is 670. The third kappa shape index (κ3) is 12.7. The monoisotopic (exact) mass is 447 g/mol. The van der Waals surface area contributed by atoms with Crippen molar-refractivity contribution in [1.82, 2.24) is 15.1 Å². The van der Waals surface area contributed by atoms with E-state index in [4.69, 9.17) is 11.6 Å². The van der Waals surface area contributed by atoms with Gasteiger partial charge in [0.2, 0.25) is 5.91 Å². The Kier molecular flexibility index (Phi) is 14.2. The number of hydrogen-bond donors (Lipinski definition) is 1. The Morgan fingerprint density at radius 1 is 1.26 bits per heavy atom. The topological polar surface area (TPSA) is 35.6 Å².